The molecule has 1 aromatic rings. The summed E-state index contributed by atoms with van der Waals surface area (Å²) in [6.07, 6.45) is 2.00. The van der Waals surface area contributed by atoms with Crippen molar-refractivity contribution >= 4 is 11.6 Å². The smallest absolute Gasteiger partial charge is 0.244 e. The Bertz CT molecular complexity index is 518. The van der Waals surface area contributed by atoms with Crippen LogP contribution < -0.4 is 10.1 Å². The summed E-state index contributed by atoms with van der Waals surface area (Å²) in [5.41, 5.74) is -0.601. The summed E-state index contributed by atoms with van der Waals surface area (Å²) in [5, 5.41) is 11.6. The Morgan fingerprint density at radius 2 is 2.28 bits per heavy atom. The van der Waals surface area contributed by atoms with E-state index in [-0.39, 0.29) is 11.7 Å². The predicted molar refractivity (Wildman–Crippen MR) is 63.5 cm³/mol. The molecule has 0 aromatic heterocycles. The molecule has 0 heterocycles. The first-order valence-corrected chi connectivity index (χ1v) is 5.67. The van der Waals surface area contributed by atoms with E-state index < -0.39 is 11.2 Å². The van der Waals surface area contributed by atoms with Crippen molar-refractivity contribution in [2.45, 2.75) is 19.3 Å². The van der Waals surface area contributed by atoms with Crippen LogP contribution in [0.15, 0.2) is 18.2 Å². The van der Waals surface area contributed by atoms with Crippen LogP contribution in [-0.4, -0.2) is 13.0 Å². The highest BCUT2D eigenvalue weighted by atomic mass is 19.1. The zero-order chi connectivity index (χ0) is 13.2. The largest absolute Gasteiger partial charge is 0.494 e. The highest BCUT2D eigenvalue weighted by Crippen LogP contribution is 2.41. The lowest BCUT2D eigenvalue weighted by molar-refractivity contribution is -0.126. The van der Waals surface area contributed by atoms with E-state index in [9.17, 15) is 9.18 Å². The Balaban J connectivity index is 2.13. The molecule has 1 amide bonds. The number of rotatable bonds is 3. The van der Waals surface area contributed by atoms with Crippen LogP contribution in [0.25, 0.3) is 0 Å². The summed E-state index contributed by atoms with van der Waals surface area (Å²) in [4.78, 5) is 11.9. The molecule has 1 saturated carbocycles. The highest BCUT2D eigenvalue weighted by molar-refractivity contribution is 5.97. The van der Waals surface area contributed by atoms with E-state index in [4.69, 9.17) is 10.00 Å². The first kappa shape index (κ1) is 12.4. The van der Waals surface area contributed by atoms with Crippen molar-refractivity contribution in [3.63, 3.8) is 0 Å². The molecule has 0 atom stereocenters. The summed E-state index contributed by atoms with van der Waals surface area (Å²) < 4.78 is 18.2. The molecule has 2 rings (SSSR count). The predicted octanol–water partition coefficient (Wildman–Crippen LogP) is 2.47. The monoisotopic (exact) mass is 248 g/mol. The zero-order valence-corrected chi connectivity index (χ0v) is 10.00. The van der Waals surface area contributed by atoms with Crippen LogP contribution in [0.5, 0.6) is 5.75 Å². The van der Waals surface area contributed by atoms with Gasteiger partial charge in [-0.3, -0.25) is 4.79 Å². The van der Waals surface area contributed by atoms with Crippen LogP contribution >= 0.6 is 0 Å². The van der Waals surface area contributed by atoms with Crippen molar-refractivity contribution in [2.24, 2.45) is 5.41 Å². The van der Waals surface area contributed by atoms with Gasteiger partial charge in [-0.15, -0.1) is 0 Å². The second-order valence-corrected chi connectivity index (χ2v) is 4.35. The molecular weight excluding hydrogens is 235 g/mol. The maximum absolute atomic E-state index is 13.4. The van der Waals surface area contributed by atoms with Crippen molar-refractivity contribution in [1.82, 2.24) is 0 Å². The Labute approximate surface area is 104 Å². The van der Waals surface area contributed by atoms with Crippen molar-refractivity contribution < 1.29 is 13.9 Å². The summed E-state index contributed by atoms with van der Waals surface area (Å²) >= 11 is 0. The van der Waals surface area contributed by atoms with Crippen molar-refractivity contribution in [1.29, 1.82) is 5.26 Å². The van der Waals surface area contributed by atoms with Gasteiger partial charge < -0.3 is 10.1 Å². The quantitative estimate of drug-likeness (QED) is 0.893. The number of amides is 1. The van der Waals surface area contributed by atoms with E-state index in [0.29, 0.717) is 18.5 Å². The first-order chi connectivity index (χ1) is 8.61. The number of anilines is 1. The SMILES string of the molecule is COc1ccc(NC(=O)C2(C#N)CCC2)cc1F. The molecule has 4 nitrogen and oxygen atoms in total. The molecule has 1 aromatic carbocycles. The molecule has 5 heteroatoms. The molecule has 1 aliphatic rings. The molecule has 1 aliphatic carbocycles. The van der Waals surface area contributed by atoms with Crippen molar-refractivity contribution in [3.05, 3.63) is 24.0 Å². The van der Waals surface area contributed by atoms with Gasteiger partial charge >= 0.3 is 0 Å². The third kappa shape index (κ3) is 2.02. The number of halogens is 1. The maximum Gasteiger partial charge on any atom is 0.244 e. The van der Waals surface area contributed by atoms with E-state index >= 15 is 0 Å². The minimum absolute atomic E-state index is 0.117. The van der Waals surface area contributed by atoms with Gasteiger partial charge in [-0.25, -0.2) is 4.39 Å². The topological polar surface area (TPSA) is 62.1 Å². The van der Waals surface area contributed by atoms with Gasteiger partial charge in [0.25, 0.3) is 0 Å². The van der Waals surface area contributed by atoms with Gasteiger partial charge in [0.1, 0.15) is 5.41 Å². The minimum Gasteiger partial charge on any atom is -0.494 e. The standard InChI is InChI=1S/C13H13FN2O2/c1-18-11-4-3-9(7-10(11)14)16-12(17)13(8-15)5-2-6-13/h3-4,7H,2,5-6H2,1H3,(H,16,17). The lowest BCUT2D eigenvalue weighted by Crippen LogP contribution is -2.40. The van der Waals surface area contributed by atoms with Crippen LogP contribution in [-0.2, 0) is 4.79 Å². The van der Waals surface area contributed by atoms with Gasteiger partial charge in [0, 0.05) is 11.8 Å². The zero-order valence-electron chi connectivity index (χ0n) is 10.00. The third-order valence-corrected chi connectivity index (χ3v) is 3.27. The normalized spacial score (nSPS) is 16.3. The molecule has 94 valence electrons. The maximum atomic E-state index is 13.4. The molecule has 1 N–H and O–H groups in total. The fraction of sp³-hybridized carbons (Fsp3) is 0.385. The highest BCUT2D eigenvalue weighted by Gasteiger charge is 2.44. The van der Waals surface area contributed by atoms with Crippen LogP contribution in [0, 0.1) is 22.6 Å². The molecule has 0 spiro atoms. The summed E-state index contributed by atoms with van der Waals surface area (Å²) in [6.45, 7) is 0. The number of carbonyl (C=O) groups is 1. The van der Waals surface area contributed by atoms with E-state index in [1.165, 1.54) is 19.2 Å². The van der Waals surface area contributed by atoms with E-state index in [1.807, 2.05) is 6.07 Å². The molecular formula is C13H13FN2O2. The number of carbonyl (C=O) groups excluding carboxylic acids is 1. The Hall–Kier alpha value is -2.09. The Kier molecular flexibility index (Phi) is 3.19. The van der Waals surface area contributed by atoms with Crippen molar-refractivity contribution in [2.75, 3.05) is 12.4 Å². The number of methoxy groups -OCH3 is 1. The summed E-state index contributed by atoms with van der Waals surface area (Å²) in [6, 6.07) is 6.20. The van der Waals surface area contributed by atoms with Gasteiger partial charge in [-0.2, -0.15) is 5.26 Å². The van der Waals surface area contributed by atoms with Gasteiger partial charge in [0.05, 0.1) is 13.2 Å². The fourth-order valence-electron chi connectivity index (χ4n) is 1.91. The first-order valence-electron chi connectivity index (χ1n) is 5.67. The van der Waals surface area contributed by atoms with Crippen LogP contribution in [0.3, 0.4) is 0 Å². The van der Waals surface area contributed by atoms with Gasteiger partial charge in [-0.1, -0.05) is 0 Å². The van der Waals surface area contributed by atoms with Crippen molar-refractivity contribution in [3.8, 4) is 11.8 Å². The Morgan fingerprint density at radius 3 is 2.72 bits per heavy atom. The van der Waals surface area contributed by atoms with Crippen LogP contribution in [0.2, 0.25) is 0 Å². The number of benzene rings is 1. The number of hydrogen-bond acceptors (Lipinski definition) is 3. The summed E-state index contributed by atoms with van der Waals surface area (Å²) in [5.74, 6) is -0.789. The average molecular weight is 248 g/mol. The summed E-state index contributed by atoms with van der Waals surface area (Å²) in [7, 11) is 1.37. The van der Waals surface area contributed by atoms with Crippen LogP contribution in [0.4, 0.5) is 10.1 Å². The average Bonchev–Trinajstić information content (AvgIpc) is 2.28. The fourth-order valence-corrected chi connectivity index (χ4v) is 1.91. The van der Waals surface area contributed by atoms with E-state index in [0.717, 1.165) is 6.42 Å². The van der Waals surface area contributed by atoms with Gasteiger partial charge in [-0.05, 0) is 31.4 Å². The second kappa shape index (κ2) is 4.65. The van der Waals surface area contributed by atoms with Crippen LogP contribution in [0.1, 0.15) is 19.3 Å². The third-order valence-electron chi connectivity index (χ3n) is 3.27. The molecule has 0 radical (unpaired) electrons. The molecule has 1 fully saturated rings. The molecule has 0 unspecified atom stereocenters. The lowest BCUT2D eigenvalue weighted by Gasteiger charge is -2.33. The molecule has 0 saturated heterocycles. The minimum atomic E-state index is -0.934. The van der Waals surface area contributed by atoms with E-state index in [2.05, 4.69) is 5.32 Å². The molecule has 0 bridgehead atoms. The number of nitriles is 1. The molecule has 0 aliphatic heterocycles. The van der Waals surface area contributed by atoms with Gasteiger partial charge in [0.15, 0.2) is 11.6 Å². The van der Waals surface area contributed by atoms with E-state index in [1.54, 1.807) is 6.07 Å². The lowest BCUT2D eigenvalue weighted by atomic mass is 9.69. The number of nitrogens with zero attached hydrogens (tertiary/aromatic N) is 1. The molecule has 18 heavy (non-hydrogen) atoms. The second-order valence-electron chi connectivity index (χ2n) is 4.35. The number of nitrogens with one attached hydrogen (secondary N) is 1. The Morgan fingerprint density at radius 1 is 1.56 bits per heavy atom. The van der Waals surface area contributed by atoms with Gasteiger partial charge in [0.2, 0.25) is 5.91 Å². The number of hydrogen-bond donors (Lipinski definition) is 1. The number of ether oxygens (including phenoxy) is 1.